The molecule has 1 aliphatic carbocycles. The summed E-state index contributed by atoms with van der Waals surface area (Å²) < 4.78 is 0. The number of aliphatic hydroxyl groups is 2. The van der Waals surface area contributed by atoms with Gasteiger partial charge in [0.1, 0.15) is 0 Å². The highest BCUT2D eigenvalue weighted by Crippen LogP contribution is 2.43. The van der Waals surface area contributed by atoms with Gasteiger partial charge in [-0.25, -0.2) is 0 Å². The van der Waals surface area contributed by atoms with Crippen LogP contribution in [0.1, 0.15) is 38.5 Å². The number of carboxylic acids is 2. The fourth-order valence-corrected chi connectivity index (χ4v) is 2.63. The van der Waals surface area contributed by atoms with E-state index in [1.807, 2.05) is 0 Å². The molecule has 1 rings (SSSR count). The third kappa shape index (κ3) is 3.00. The van der Waals surface area contributed by atoms with Crippen LogP contribution in [0.3, 0.4) is 0 Å². The van der Waals surface area contributed by atoms with Gasteiger partial charge in [0.15, 0.2) is 0 Å². The van der Waals surface area contributed by atoms with E-state index < -0.39 is 29.4 Å². The molecule has 0 saturated heterocycles. The molecule has 1 saturated carbocycles. The molecular weight excluding hydrogens is 240 g/mol. The molecule has 4 N–H and O–H groups in total. The van der Waals surface area contributed by atoms with Gasteiger partial charge in [0, 0.05) is 6.61 Å². The molecule has 1 unspecified atom stereocenters. The average molecular weight is 260 g/mol. The number of hydrogen-bond donors (Lipinski definition) is 4. The highest BCUT2D eigenvalue weighted by molar-refractivity contribution is 5.76. The van der Waals surface area contributed by atoms with E-state index in [1.165, 1.54) is 0 Å². The van der Waals surface area contributed by atoms with Crippen LogP contribution in [0.2, 0.25) is 0 Å². The molecule has 0 aliphatic heterocycles. The molecule has 104 valence electrons. The second kappa shape index (κ2) is 6.15. The van der Waals surface area contributed by atoms with Crippen LogP contribution in [0.4, 0.5) is 0 Å². The molecule has 1 atom stereocenters. The Morgan fingerprint density at radius 3 is 2.17 bits per heavy atom. The smallest absolute Gasteiger partial charge is 0.312 e. The molecule has 0 aromatic heterocycles. The maximum Gasteiger partial charge on any atom is 0.312 e. The summed E-state index contributed by atoms with van der Waals surface area (Å²) in [6.07, 6.45) is 0.434. The van der Waals surface area contributed by atoms with Gasteiger partial charge in [-0.2, -0.15) is 0 Å². The predicted octanol–water partition coefficient (Wildman–Crippen LogP) is 0.466. The standard InChI is InChI=1S/C12H20O6/c13-7-1-2-9(14)12(11(17)18)5-3-8(4-6-12)10(15)16/h8-9,13-14H,1-7H2,(H,15,16)(H,17,18). The van der Waals surface area contributed by atoms with E-state index in [2.05, 4.69) is 0 Å². The fraction of sp³-hybridized carbons (Fsp3) is 0.833. The van der Waals surface area contributed by atoms with Crippen molar-refractivity contribution in [2.45, 2.75) is 44.6 Å². The molecule has 0 bridgehead atoms. The summed E-state index contributed by atoms with van der Waals surface area (Å²) in [5.41, 5.74) is -1.25. The highest BCUT2D eigenvalue weighted by atomic mass is 16.4. The maximum absolute atomic E-state index is 11.4. The van der Waals surface area contributed by atoms with E-state index in [4.69, 9.17) is 10.2 Å². The zero-order valence-electron chi connectivity index (χ0n) is 10.2. The Bertz CT molecular complexity index is 306. The summed E-state index contributed by atoms with van der Waals surface area (Å²) in [5.74, 6) is -2.49. The molecule has 1 aliphatic rings. The lowest BCUT2D eigenvalue weighted by Crippen LogP contribution is -2.46. The van der Waals surface area contributed by atoms with Gasteiger partial charge in [-0.3, -0.25) is 9.59 Å². The maximum atomic E-state index is 11.4. The van der Waals surface area contributed by atoms with Crippen molar-refractivity contribution in [1.29, 1.82) is 0 Å². The molecule has 6 heteroatoms. The Balaban J connectivity index is 2.72. The van der Waals surface area contributed by atoms with Crippen LogP contribution < -0.4 is 0 Å². The first-order chi connectivity index (χ1) is 8.44. The van der Waals surface area contributed by atoms with Crippen molar-refractivity contribution in [3.8, 4) is 0 Å². The van der Waals surface area contributed by atoms with Crippen LogP contribution in [0.15, 0.2) is 0 Å². The van der Waals surface area contributed by atoms with Crippen LogP contribution in [0.25, 0.3) is 0 Å². The number of hydrogen-bond acceptors (Lipinski definition) is 4. The van der Waals surface area contributed by atoms with E-state index in [0.29, 0.717) is 6.42 Å². The Hall–Kier alpha value is -1.14. The Morgan fingerprint density at radius 2 is 1.78 bits per heavy atom. The minimum Gasteiger partial charge on any atom is -0.481 e. The van der Waals surface area contributed by atoms with Gasteiger partial charge in [-0.05, 0) is 38.5 Å². The lowest BCUT2D eigenvalue weighted by Gasteiger charge is -2.39. The second-order valence-electron chi connectivity index (χ2n) is 4.96. The highest BCUT2D eigenvalue weighted by Gasteiger charge is 2.48. The van der Waals surface area contributed by atoms with Crippen molar-refractivity contribution in [1.82, 2.24) is 0 Å². The molecule has 0 spiro atoms. The van der Waals surface area contributed by atoms with Gasteiger partial charge in [-0.15, -0.1) is 0 Å². The molecule has 0 radical (unpaired) electrons. The van der Waals surface area contributed by atoms with Crippen LogP contribution in [0, 0.1) is 11.3 Å². The van der Waals surface area contributed by atoms with Crippen molar-refractivity contribution in [3.63, 3.8) is 0 Å². The van der Waals surface area contributed by atoms with Crippen molar-refractivity contribution < 1.29 is 30.0 Å². The number of aliphatic carboxylic acids is 2. The van der Waals surface area contributed by atoms with Crippen LogP contribution >= 0.6 is 0 Å². The SMILES string of the molecule is O=C(O)C1CCC(C(=O)O)(C(O)CCCO)CC1. The van der Waals surface area contributed by atoms with Crippen LogP contribution in [0.5, 0.6) is 0 Å². The van der Waals surface area contributed by atoms with Gasteiger partial charge >= 0.3 is 11.9 Å². The zero-order valence-corrected chi connectivity index (χ0v) is 10.2. The van der Waals surface area contributed by atoms with Crippen molar-refractivity contribution in [3.05, 3.63) is 0 Å². The molecule has 0 amide bonds. The Kier molecular flexibility index (Phi) is 5.10. The van der Waals surface area contributed by atoms with Crippen LogP contribution in [-0.2, 0) is 9.59 Å². The molecule has 1 fully saturated rings. The van der Waals surface area contributed by atoms with Gasteiger partial charge < -0.3 is 20.4 Å². The first-order valence-corrected chi connectivity index (χ1v) is 6.19. The van der Waals surface area contributed by atoms with Gasteiger partial charge in [-0.1, -0.05) is 0 Å². The first kappa shape index (κ1) is 14.9. The molecule has 0 heterocycles. The summed E-state index contributed by atoms with van der Waals surface area (Å²) in [5, 5.41) is 36.9. The summed E-state index contributed by atoms with van der Waals surface area (Å²) in [7, 11) is 0. The fourth-order valence-electron chi connectivity index (χ4n) is 2.63. The van der Waals surface area contributed by atoms with Crippen molar-refractivity contribution in [2.75, 3.05) is 6.61 Å². The van der Waals surface area contributed by atoms with Gasteiger partial charge in [0.05, 0.1) is 17.4 Å². The minimum atomic E-state index is -1.25. The van der Waals surface area contributed by atoms with E-state index >= 15 is 0 Å². The molecule has 18 heavy (non-hydrogen) atoms. The second-order valence-corrected chi connectivity index (χ2v) is 4.96. The molecule has 0 aromatic rings. The van der Waals surface area contributed by atoms with Crippen molar-refractivity contribution in [2.24, 2.45) is 11.3 Å². The normalized spacial score (nSPS) is 29.8. The Morgan fingerprint density at radius 1 is 1.22 bits per heavy atom. The summed E-state index contributed by atoms with van der Waals surface area (Å²) in [4.78, 5) is 22.2. The van der Waals surface area contributed by atoms with Crippen LogP contribution in [-0.4, -0.2) is 45.1 Å². The molecular formula is C12H20O6. The lowest BCUT2D eigenvalue weighted by atomic mass is 9.66. The number of aliphatic hydroxyl groups excluding tert-OH is 2. The van der Waals surface area contributed by atoms with E-state index in [0.717, 1.165) is 0 Å². The quantitative estimate of drug-likeness (QED) is 0.551. The van der Waals surface area contributed by atoms with Crippen molar-refractivity contribution >= 4 is 11.9 Å². The Labute approximate surface area is 105 Å². The van der Waals surface area contributed by atoms with Gasteiger partial charge in [0.2, 0.25) is 0 Å². The van der Waals surface area contributed by atoms with E-state index in [1.54, 1.807) is 0 Å². The first-order valence-electron chi connectivity index (χ1n) is 6.19. The third-order valence-electron chi connectivity index (χ3n) is 3.93. The topological polar surface area (TPSA) is 115 Å². The summed E-state index contributed by atoms with van der Waals surface area (Å²) >= 11 is 0. The molecule has 6 nitrogen and oxygen atoms in total. The number of carbonyl (C=O) groups is 2. The minimum absolute atomic E-state index is 0.0927. The number of rotatable bonds is 6. The number of carboxylic acid groups (broad SMARTS) is 2. The van der Waals surface area contributed by atoms with E-state index in [9.17, 15) is 19.8 Å². The monoisotopic (exact) mass is 260 g/mol. The van der Waals surface area contributed by atoms with E-state index in [-0.39, 0.29) is 38.7 Å². The summed E-state index contributed by atoms with van der Waals surface area (Å²) in [6.45, 7) is -0.0927. The lowest BCUT2D eigenvalue weighted by molar-refractivity contribution is -0.164. The third-order valence-corrected chi connectivity index (χ3v) is 3.93. The zero-order chi connectivity index (χ0) is 13.8. The predicted molar refractivity (Wildman–Crippen MR) is 62.0 cm³/mol. The molecule has 0 aromatic carbocycles. The largest absolute Gasteiger partial charge is 0.481 e. The average Bonchev–Trinajstić information content (AvgIpc) is 2.35. The van der Waals surface area contributed by atoms with Gasteiger partial charge in [0.25, 0.3) is 0 Å². The summed E-state index contributed by atoms with van der Waals surface area (Å²) in [6, 6.07) is 0.